The topological polar surface area (TPSA) is 105 Å². The molecule has 106 valence electrons. The van der Waals surface area contributed by atoms with Gasteiger partial charge in [-0.3, -0.25) is 0 Å². The summed E-state index contributed by atoms with van der Waals surface area (Å²) in [7, 11) is -2.35. The largest absolute Gasteiger partial charge is 0.497 e. The molecule has 0 atom stereocenters. The fourth-order valence-electron chi connectivity index (χ4n) is 1.65. The first-order valence-corrected chi connectivity index (χ1v) is 7.19. The Kier molecular flexibility index (Phi) is 3.82. The molecule has 7 heteroatoms. The van der Waals surface area contributed by atoms with Crippen LogP contribution in [-0.2, 0) is 10.0 Å². The number of primary sulfonamides is 1. The Morgan fingerprint density at radius 1 is 1.05 bits per heavy atom. The normalized spacial score (nSPS) is 11.1. The Morgan fingerprint density at radius 2 is 1.70 bits per heavy atom. The number of nitrogen functional groups attached to an aromatic ring is 1. The molecule has 0 bridgehead atoms. The molecule has 0 aliphatic rings. The third kappa shape index (κ3) is 3.01. The zero-order valence-electron chi connectivity index (χ0n) is 10.7. The number of sulfonamides is 1. The van der Waals surface area contributed by atoms with Crippen molar-refractivity contribution in [2.24, 2.45) is 5.14 Å². The highest BCUT2D eigenvalue weighted by Gasteiger charge is 2.16. The average molecular weight is 294 g/mol. The molecule has 0 heterocycles. The van der Waals surface area contributed by atoms with Gasteiger partial charge in [-0.1, -0.05) is 12.1 Å². The van der Waals surface area contributed by atoms with Crippen molar-refractivity contribution < 1.29 is 17.9 Å². The van der Waals surface area contributed by atoms with Crippen LogP contribution in [0.5, 0.6) is 17.2 Å². The third-order valence-electron chi connectivity index (χ3n) is 2.60. The van der Waals surface area contributed by atoms with E-state index in [4.69, 9.17) is 20.3 Å². The van der Waals surface area contributed by atoms with E-state index < -0.39 is 10.0 Å². The van der Waals surface area contributed by atoms with Crippen LogP contribution < -0.4 is 20.3 Å². The molecule has 0 unspecified atom stereocenters. The molecule has 2 rings (SSSR count). The number of para-hydroxylation sites is 1. The highest BCUT2D eigenvalue weighted by atomic mass is 32.2. The highest BCUT2D eigenvalue weighted by molar-refractivity contribution is 7.89. The molecule has 2 aromatic carbocycles. The Balaban J connectivity index is 2.39. The smallest absolute Gasteiger partial charge is 0.240 e. The van der Waals surface area contributed by atoms with Crippen LogP contribution in [0.2, 0.25) is 0 Å². The van der Waals surface area contributed by atoms with Crippen LogP contribution in [-0.4, -0.2) is 15.5 Å². The van der Waals surface area contributed by atoms with Crippen molar-refractivity contribution in [3.63, 3.8) is 0 Å². The van der Waals surface area contributed by atoms with Crippen molar-refractivity contribution in [2.75, 3.05) is 12.8 Å². The minimum absolute atomic E-state index is 0.0298. The van der Waals surface area contributed by atoms with Gasteiger partial charge in [-0.2, -0.15) is 0 Å². The molecule has 0 saturated heterocycles. The maximum atomic E-state index is 11.4. The monoisotopic (exact) mass is 294 g/mol. The van der Waals surface area contributed by atoms with E-state index in [1.807, 2.05) is 0 Å². The van der Waals surface area contributed by atoms with Crippen LogP contribution in [0.4, 0.5) is 5.69 Å². The second-order valence-corrected chi connectivity index (χ2v) is 5.52. The van der Waals surface area contributed by atoms with E-state index in [0.717, 1.165) is 0 Å². The van der Waals surface area contributed by atoms with Crippen LogP contribution in [0.1, 0.15) is 0 Å². The molecule has 0 aromatic heterocycles. The standard InChI is InChI=1S/C13H14N2O4S/c1-18-9-4-2-5-10(8-9)19-11-6-3-7-12(13(11)14)20(15,16)17/h2-8H,14H2,1H3,(H2,15,16,17). The molecule has 0 spiro atoms. The second-order valence-electron chi connectivity index (χ2n) is 3.99. The molecule has 0 aliphatic carbocycles. The van der Waals surface area contributed by atoms with Crippen molar-refractivity contribution in [2.45, 2.75) is 4.90 Å². The molecule has 6 nitrogen and oxygen atoms in total. The summed E-state index contributed by atoms with van der Waals surface area (Å²) in [6, 6.07) is 11.2. The van der Waals surface area contributed by atoms with E-state index in [1.165, 1.54) is 19.2 Å². The number of ether oxygens (including phenoxy) is 2. The van der Waals surface area contributed by atoms with Crippen LogP contribution in [0.3, 0.4) is 0 Å². The van der Waals surface area contributed by atoms with E-state index in [-0.39, 0.29) is 16.3 Å². The third-order valence-corrected chi connectivity index (χ3v) is 3.57. The summed E-state index contributed by atoms with van der Waals surface area (Å²) in [5.74, 6) is 1.30. The summed E-state index contributed by atoms with van der Waals surface area (Å²) in [6.07, 6.45) is 0. The van der Waals surface area contributed by atoms with E-state index >= 15 is 0 Å². The minimum atomic E-state index is -3.89. The summed E-state index contributed by atoms with van der Waals surface area (Å²) in [6.45, 7) is 0. The first kappa shape index (κ1) is 14.2. The lowest BCUT2D eigenvalue weighted by molar-refractivity contribution is 0.409. The Morgan fingerprint density at radius 3 is 2.35 bits per heavy atom. The summed E-state index contributed by atoms with van der Waals surface area (Å²) in [4.78, 5) is -0.169. The summed E-state index contributed by atoms with van der Waals surface area (Å²) in [5.41, 5.74) is 5.74. The lowest BCUT2D eigenvalue weighted by Crippen LogP contribution is -2.14. The maximum absolute atomic E-state index is 11.4. The number of hydrogen-bond donors (Lipinski definition) is 2. The van der Waals surface area contributed by atoms with Crippen LogP contribution in [0.25, 0.3) is 0 Å². The maximum Gasteiger partial charge on any atom is 0.240 e. The van der Waals surface area contributed by atoms with Gasteiger partial charge in [0.2, 0.25) is 10.0 Å². The Labute approximate surface area is 117 Å². The predicted octanol–water partition coefficient (Wildman–Crippen LogP) is 1.72. The van der Waals surface area contributed by atoms with E-state index in [0.29, 0.717) is 11.5 Å². The van der Waals surface area contributed by atoms with Crippen molar-refractivity contribution in [3.05, 3.63) is 42.5 Å². The second kappa shape index (κ2) is 5.40. The van der Waals surface area contributed by atoms with Crippen LogP contribution in [0.15, 0.2) is 47.4 Å². The number of hydrogen-bond acceptors (Lipinski definition) is 5. The average Bonchev–Trinajstić information content (AvgIpc) is 2.40. The Hall–Kier alpha value is -2.25. The summed E-state index contributed by atoms with van der Waals surface area (Å²) >= 11 is 0. The molecule has 20 heavy (non-hydrogen) atoms. The number of nitrogens with two attached hydrogens (primary N) is 2. The van der Waals surface area contributed by atoms with Crippen molar-refractivity contribution in [1.29, 1.82) is 0 Å². The van der Waals surface area contributed by atoms with Gasteiger partial charge in [-0.25, -0.2) is 13.6 Å². The molecule has 0 amide bonds. The lowest BCUT2D eigenvalue weighted by Gasteiger charge is -2.11. The van der Waals surface area contributed by atoms with Crippen LogP contribution in [0, 0.1) is 0 Å². The van der Waals surface area contributed by atoms with E-state index in [2.05, 4.69) is 0 Å². The number of anilines is 1. The van der Waals surface area contributed by atoms with Crippen LogP contribution >= 0.6 is 0 Å². The molecule has 4 N–H and O–H groups in total. The zero-order valence-corrected chi connectivity index (χ0v) is 11.6. The quantitative estimate of drug-likeness (QED) is 0.835. The highest BCUT2D eigenvalue weighted by Crippen LogP contribution is 2.32. The minimum Gasteiger partial charge on any atom is -0.497 e. The molecule has 0 radical (unpaired) electrons. The molecule has 0 saturated carbocycles. The molecule has 0 aliphatic heterocycles. The molecule has 0 fully saturated rings. The van der Waals surface area contributed by atoms with Crippen molar-refractivity contribution in [1.82, 2.24) is 0 Å². The number of rotatable bonds is 4. The fraction of sp³-hybridized carbons (Fsp3) is 0.0769. The van der Waals surface area contributed by atoms with Crippen molar-refractivity contribution in [3.8, 4) is 17.2 Å². The van der Waals surface area contributed by atoms with E-state index in [1.54, 1.807) is 30.3 Å². The van der Waals surface area contributed by atoms with Gasteiger partial charge in [-0.15, -0.1) is 0 Å². The predicted molar refractivity (Wildman–Crippen MR) is 75.3 cm³/mol. The molecule has 2 aromatic rings. The van der Waals surface area contributed by atoms with Gasteiger partial charge in [0.05, 0.1) is 12.8 Å². The first-order valence-electron chi connectivity index (χ1n) is 5.65. The lowest BCUT2D eigenvalue weighted by atomic mass is 10.3. The van der Waals surface area contributed by atoms with Gasteiger partial charge in [0.25, 0.3) is 0 Å². The van der Waals surface area contributed by atoms with Gasteiger partial charge in [0.15, 0.2) is 5.75 Å². The molecular formula is C13H14N2O4S. The van der Waals surface area contributed by atoms with Gasteiger partial charge in [0.1, 0.15) is 16.4 Å². The Bertz CT molecular complexity index is 729. The zero-order chi connectivity index (χ0) is 14.8. The summed E-state index contributed by atoms with van der Waals surface area (Å²) in [5, 5.41) is 5.08. The summed E-state index contributed by atoms with van der Waals surface area (Å²) < 4.78 is 33.4. The first-order chi connectivity index (χ1) is 9.41. The van der Waals surface area contributed by atoms with Gasteiger partial charge < -0.3 is 15.2 Å². The SMILES string of the molecule is COc1cccc(Oc2cccc(S(N)(=O)=O)c2N)c1. The fourth-order valence-corrected chi connectivity index (χ4v) is 2.33. The van der Waals surface area contributed by atoms with Gasteiger partial charge in [0, 0.05) is 6.07 Å². The van der Waals surface area contributed by atoms with Gasteiger partial charge >= 0.3 is 0 Å². The molecular weight excluding hydrogens is 280 g/mol. The van der Waals surface area contributed by atoms with Gasteiger partial charge in [-0.05, 0) is 24.3 Å². The van der Waals surface area contributed by atoms with Crippen molar-refractivity contribution >= 4 is 15.7 Å². The number of benzene rings is 2. The van der Waals surface area contributed by atoms with E-state index in [9.17, 15) is 8.42 Å². The number of methoxy groups -OCH3 is 1.